The van der Waals surface area contributed by atoms with Crippen molar-refractivity contribution in [1.29, 1.82) is 0 Å². The Bertz CT molecular complexity index is 1040. The van der Waals surface area contributed by atoms with Crippen molar-refractivity contribution in [3.05, 3.63) is 59.7 Å². The summed E-state index contributed by atoms with van der Waals surface area (Å²) in [7, 11) is 1.30. The fourth-order valence-electron chi connectivity index (χ4n) is 4.62. The molecule has 33 heavy (non-hydrogen) atoms. The second-order valence-electron chi connectivity index (χ2n) is 8.70. The van der Waals surface area contributed by atoms with Crippen LogP contribution < -0.4 is 5.32 Å². The van der Waals surface area contributed by atoms with E-state index in [0.29, 0.717) is 5.75 Å². The molecule has 2 aromatic rings. The van der Waals surface area contributed by atoms with Crippen molar-refractivity contribution in [1.82, 2.24) is 10.2 Å². The molecule has 1 heterocycles. The molecule has 2 aromatic carbocycles. The molecule has 0 bridgehead atoms. The highest BCUT2D eigenvalue weighted by Gasteiger charge is 2.48. The first-order valence-corrected chi connectivity index (χ1v) is 11.9. The van der Waals surface area contributed by atoms with Gasteiger partial charge in [0.25, 0.3) is 0 Å². The molecule has 2 atom stereocenters. The first-order valence-electron chi connectivity index (χ1n) is 10.9. The first-order chi connectivity index (χ1) is 15.7. The summed E-state index contributed by atoms with van der Waals surface area (Å²) < 4.78 is 10.4. The zero-order valence-electron chi connectivity index (χ0n) is 19.2. The van der Waals surface area contributed by atoms with Gasteiger partial charge in [-0.1, -0.05) is 48.5 Å². The Balaban J connectivity index is 1.41. The number of benzene rings is 2. The number of hydrogen-bond donors (Lipinski definition) is 1. The van der Waals surface area contributed by atoms with Gasteiger partial charge in [0.2, 0.25) is 5.91 Å². The van der Waals surface area contributed by atoms with Crippen LogP contribution >= 0.6 is 11.8 Å². The Kier molecular flexibility index (Phi) is 6.38. The molecule has 1 N–H and O–H groups in total. The number of ether oxygens (including phenoxy) is 2. The number of rotatable bonds is 5. The van der Waals surface area contributed by atoms with Crippen LogP contribution in [0.5, 0.6) is 0 Å². The number of thioether (sulfide) groups is 1. The highest BCUT2D eigenvalue weighted by atomic mass is 32.2. The maximum absolute atomic E-state index is 13.1. The van der Waals surface area contributed by atoms with Gasteiger partial charge in [0.1, 0.15) is 18.7 Å². The molecular weight excluding hydrogens is 440 g/mol. The van der Waals surface area contributed by atoms with E-state index in [-0.39, 0.29) is 18.4 Å². The van der Waals surface area contributed by atoms with Gasteiger partial charge < -0.3 is 19.7 Å². The standard InChI is InChI=1S/C25H28N2O5S/c1-15(22(28)27-21(23(29)31-4)14-33-25(27,2)3)26-24(30)32-13-20-18-11-7-5-9-16(18)17-10-6-8-12-19(17)20/h5-12,15,20-21H,13-14H2,1-4H3,(H,26,30)/t15-,21-/m0/s1. The normalized spacial score (nSPS) is 19.4. The van der Waals surface area contributed by atoms with Crippen molar-refractivity contribution in [3.8, 4) is 11.1 Å². The van der Waals surface area contributed by atoms with Gasteiger partial charge in [0.05, 0.1) is 12.0 Å². The molecule has 8 heteroatoms. The Morgan fingerprint density at radius 1 is 1.09 bits per heavy atom. The minimum absolute atomic E-state index is 0.0632. The van der Waals surface area contributed by atoms with Gasteiger partial charge in [-0.2, -0.15) is 0 Å². The van der Waals surface area contributed by atoms with Crippen LogP contribution in [0.25, 0.3) is 11.1 Å². The predicted molar refractivity (Wildman–Crippen MR) is 127 cm³/mol. The van der Waals surface area contributed by atoms with Gasteiger partial charge in [-0.05, 0) is 43.0 Å². The van der Waals surface area contributed by atoms with E-state index in [4.69, 9.17) is 9.47 Å². The number of carbonyl (C=O) groups excluding carboxylic acids is 3. The summed E-state index contributed by atoms with van der Waals surface area (Å²) in [5.41, 5.74) is 4.53. The number of nitrogens with zero attached hydrogens (tertiary/aromatic N) is 1. The molecule has 4 rings (SSSR count). The van der Waals surface area contributed by atoms with Crippen molar-refractivity contribution < 1.29 is 23.9 Å². The largest absolute Gasteiger partial charge is 0.467 e. The molecule has 7 nitrogen and oxygen atoms in total. The number of hydrogen-bond acceptors (Lipinski definition) is 6. The van der Waals surface area contributed by atoms with Gasteiger partial charge in [0, 0.05) is 11.7 Å². The fourth-order valence-corrected chi connectivity index (χ4v) is 5.83. The summed E-state index contributed by atoms with van der Waals surface area (Å²) in [5, 5.41) is 2.63. The minimum Gasteiger partial charge on any atom is -0.467 e. The van der Waals surface area contributed by atoms with Crippen molar-refractivity contribution >= 4 is 29.7 Å². The lowest BCUT2D eigenvalue weighted by Gasteiger charge is -2.35. The van der Waals surface area contributed by atoms with E-state index in [9.17, 15) is 14.4 Å². The third-order valence-corrected chi connectivity index (χ3v) is 7.63. The van der Waals surface area contributed by atoms with Crippen LogP contribution in [-0.4, -0.2) is 59.3 Å². The molecule has 174 valence electrons. The maximum Gasteiger partial charge on any atom is 0.407 e. The monoisotopic (exact) mass is 468 g/mol. The fraction of sp³-hybridized carbons (Fsp3) is 0.400. The minimum atomic E-state index is -0.856. The molecule has 1 fully saturated rings. The molecule has 1 aliphatic carbocycles. The van der Waals surface area contributed by atoms with Gasteiger partial charge in [0.15, 0.2) is 0 Å². The Labute approximate surface area is 197 Å². The zero-order chi connectivity index (χ0) is 23.8. The van der Waals surface area contributed by atoms with Gasteiger partial charge in [-0.15, -0.1) is 11.8 Å². The lowest BCUT2D eigenvalue weighted by molar-refractivity contribution is -0.153. The van der Waals surface area contributed by atoms with E-state index >= 15 is 0 Å². The van der Waals surface area contributed by atoms with Crippen LogP contribution in [0.2, 0.25) is 0 Å². The molecule has 0 saturated carbocycles. The van der Waals surface area contributed by atoms with Gasteiger partial charge >= 0.3 is 12.1 Å². The Morgan fingerprint density at radius 2 is 1.67 bits per heavy atom. The van der Waals surface area contributed by atoms with Crippen LogP contribution in [0.15, 0.2) is 48.5 Å². The number of carbonyl (C=O) groups is 3. The van der Waals surface area contributed by atoms with Crippen molar-refractivity contribution in [3.63, 3.8) is 0 Å². The number of fused-ring (bicyclic) bond motifs is 3. The highest BCUT2D eigenvalue weighted by molar-refractivity contribution is 8.00. The average molecular weight is 469 g/mol. The molecule has 0 spiro atoms. The lowest BCUT2D eigenvalue weighted by Crippen LogP contribution is -2.56. The van der Waals surface area contributed by atoms with Crippen LogP contribution in [0.1, 0.15) is 37.8 Å². The van der Waals surface area contributed by atoms with Gasteiger partial charge in [-0.3, -0.25) is 4.79 Å². The summed E-state index contributed by atoms with van der Waals surface area (Å²) in [6, 6.07) is 14.7. The Hall–Kier alpha value is -3.00. The second-order valence-corrected chi connectivity index (χ2v) is 10.3. The van der Waals surface area contributed by atoms with Crippen molar-refractivity contribution in [2.24, 2.45) is 0 Å². The first kappa shape index (κ1) is 23.2. The predicted octanol–water partition coefficient (Wildman–Crippen LogP) is 3.77. The number of methoxy groups -OCH3 is 1. The molecule has 0 unspecified atom stereocenters. The molecule has 2 aliphatic rings. The third-order valence-electron chi connectivity index (χ3n) is 6.25. The van der Waals surface area contributed by atoms with Crippen molar-refractivity contribution in [2.45, 2.75) is 43.6 Å². The summed E-state index contributed by atoms with van der Waals surface area (Å²) in [4.78, 5) is 38.8. The average Bonchev–Trinajstić information content (AvgIpc) is 3.30. The zero-order valence-corrected chi connectivity index (χ0v) is 20.0. The molecule has 2 amide bonds. The van der Waals surface area contributed by atoms with Crippen LogP contribution in [0, 0.1) is 0 Å². The van der Waals surface area contributed by atoms with E-state index < -0.39 is 29.0 Å². The summed E-state index contributed by atoms with van der Waals surface area (Å²) in [5.74, 6) is -0.432. The number of nitrogens with one attached hydrogen (secondary N) is 1. The summed E-state index contributed by atoms with van der Waals surface area (Å²) >= 11 is 1.50. The smallest absolute Gasteiger partial charge is 0.407 e. The van der Waals surface area contributed by atoms with E-state index in [1.165, 1.54) is 23.8 Å². The van der Waals surface area contributed by atoms with E-state index in [1.807, 2.05) is 50.2 Å². The van der Waals surface area contributed by atoms with Crippen LogP contribution in [0.3, 0.4) is 0 Å². The molecule has 1 aliphatic heterocycles. The van der Waals surface area contributed by atoms with E-state index in [2.05, 4.69) is 17.4 Å². The highest BCUT2D eigenvalue weighted by Crippen LogP contribution is 2.44. The van der Waals surface area contributed by atoms with E-state index in [0.717, 1.165) is 22.3 Å². The lowest BCUT2D eigenvalue weighted by atomic mass is 9.98. The SMILES string of the molecule is COC(=O)[C@@H]1CSC(C)(C)N1C(=O)[C@H](C)NC(=O)OCC1c2ccccc2-c2ccccc21. The van der Waals surface area contributed by atoms with Gasteiger partial charge in [-0.25, -0.2) is 9.59 Å². The molecule has 0 aromatic heterocycles. The van der Waals surface area contributed by atoms with Crippen molar-refractivity contribution in [2.75, 3.05) is 19.5 Å². The molecule has 0 radical (unpaired) electrons. The summed E-state index contributed by atoms with van der Waals surface area (Å²) in [6.07, 6.45) is -0.669. The number of amides is 2. The van der Waals surface area contributed by atoms with E-state index in [1.54, 1.807) is 6.92 Å². The molecule has 1 saturated heterocycles. The maximum atomic E-state index is 13.1. The third kappa shape index (κ3) is 4.31. The quantitative estimate of drug-likeness (QED) is 0.673. The van der Waals surface area contributed by atoms with Crippen LogP contribution in [0.4, 0.5) is 4.79 Å². The number of esters is 1. The summed E-state index contributed by atoms with van der Waals surface area (Å²) in [6.45, 7) is 5.50. The Morgan fingerprint density at radius 3 is 2.24 bits per heavy atom. The second kappa shape index (κ2) is 9.09. The molecular formula is C25H28N2O5S. The topological polar surface area (TPSA) is 84.9 Å². The number of alkyl carbamates (subject to hydrolysis) is 1. The van der Waals surface area contributed by atoms with Crippen LogP contribution in [-0.2, 0) is 19.1 Å².